The van der Waals surface area contributed by atoms with E-state index >= 15 is 0 Å². The lowest BCUT2D eigenvalue weighted by Crippen LogP contribution is -1.83. The minimum atomic E-state index is 0.479. The van der Waals surface area contributed by atoms with Crippen LogP contribution in [0.4, 0.5) is 0 Å². The van der Waals surface area contributed by atoms with Crippen LogP contribution in [-0.2, 0) is 0 Å². The Bertz CT molecular complexity index is 28.0. The zero-order valence-corrected chi connectivity index (χ0v) is 7.34. The second-order valence-corrected chi connectivity index (χ2v) is 11.1. The van der Waals surface area contributed by atoms with Gasteiger partial charge in [0.15, 0.2) is 0 Å². The third-order valence-electron chi connectivity index (χ3n) is 0.671. The topological polar surface area (TPSA) is 0 Å². The summed E-state index contributed by atoms with van der Waals surface area (Å²) >= 11 is 0. The highest BCUT2D eigenvalue weighted by Gasteiger charge is 1.89. The molecule has 0 aromatic carbocycles. The summed E-state index contributed by atoms with van der Waals surface area (Å²) in [5, 5.41) is 0. The molecule has 0 heterocycles. The molecule has 0 bridgehead atoms. The highest BCUT2D eigenvalue weighted by Crippen LogP contribution is 2.22. The van der Waals surface area contributed by atoms with Crippen LogP contribution in [0.1, 0.15) is 0 Å². The van der Waals surface area contributed by atoms with Gasteiger partial charge in [-0.05, 0) is 0 Å². The fourth-order valence-corrected chi connectivity index (χ4v) is 3.02. The van der Waals surface area contributed by atoms with Gasteiger partial charge in [0.05, 0.1) is 18.4 Å². The predicted molar refractivity (Wildman–Crippen MR) is 36.1 cm³/mol. The second kappa shape index (κ2) is 4.03. The number of hydrogen-bond donors (Lipinski definition) is 0. The first kappa shape index (κ1) is 6.86. The van der Waals surface area contributed by atoms with Crippen molar-refractivity contribution in [1.29, 1.82) is 0 Å². The van der Waals surface area contributed by atoms with Crippen LogP contribution < -0.4 is 0 Å². The van der Waals surface area contributed by atoms with Crippen molar-refractivity contribution in [2.75, 3.05) is 6.66 Å². The largest absolute Gasteiger partial charge is 0.141 e. The summed E-state index contributed by atoms with van der Waals surface area (Å²) in [6.07, 6.45) is 0. The smallest absolute Gasteiger partial charge is 0.0655 e. The monoisotopic (exact) mass is 132 g/mol. The second-order valence-electron chi connectivity index (χ2n) is 1.01. The Morgan fingerprint density at radius 2 is 1.50 bits per heavy atom. The van der Waals surface area contributed by atoms with Crippen molar-refractivity contribution in [3.63, 3.8) is 0 Å². The summed E-state index contributed by atoms with van der Waals surface area (Å²) < 4.78 is 0. The van der Waals surface area contributed by atoms with Crippen LogP contribution in [0.25, 0.3) is 0 Å². The van der Waals surface area contributed by atoms with E-state index in [4.69, 9.17) is 0 Å². The molecule has 3 heteroatoms. The van der Waals surface area contributed by atoms with Gasteiger partial charge < -0.3 is 0 Å². The molecule has 0 aliphatic carbocycles. The predicted octanol–water partition coefficient (Wildman–Crippen LogP) is 1.43. The maximum absolute atomic E-state index is 2.37. The molecule has 0 saturated heterocycles. The van der Waals surface area contributed by atoms with E-state index in [1.54, 1.807) is 0 Å². The van der Waals surface area contributed by atoms with Gasteiger partial charge in [-0.1, -0.05) is 19.8 Å². The molecule has 4 radical (unpaired) electrons. The fourth-order valence-electron chi connectivity index (χ4n) is 0.112. The summed E-state index contributed by atoms with van der Waals surface area (Å²) in [5.74, 6) is 0. The first-order chi connectivity index (χ1) is 2.81. The minimum Gasteiger partial charge on any atom is -0.141 e. The molecule has 34 valence electrons. The summed E-state index contributed by atoms with van der Waals surface area (Å²) in [5.41, 5.74) is 0. The van der Waals surface area contributed by atoms with Crippen molar-refractivity contribution < 1.29 is 0 Å². The van der Waals surface area contributed by atoms with Gasteiger partial charge in [-0.15, -0.1) is 7.02 Å². The van der Waals surface area contributed by atoms with Crippen LogP contribution in [0.2, 0.25) is 13.1 Å². The van der Waals surface area contributed by atoms with E-state index in [2.05, 4.69) is 19.8 Å². The lowest BCUT2D eigenvalue weighted by molar-refractivity contribution is 2.31. The highest BCUT2D eigenvalue weighted by molar-refractivity contribution is 8.06. The Balaban J connectivity index is 2.75. The molecule has 0 aromatic rings. The van der Waals surface area contributed by atoms with Gasteiger partial charge in [0, 0.05) is 0 Å². The molecule has 0 nitrogen and oxygen atoms in total. The van der Waals surface area contributed by atoms with Gasteiger partial charge in [-0.2, -0.15) is 0 Å². The average Bonchev–Trinajstić information content (AvgIpc) is 1.65. The van der Waals surface area contributed by atoms with Gasteiger partial charge in [-0.25, -0.2) is 0 Å². The first-order valence-electron chi connectivity index (χ1n) is 1.89. The summed E-state index contributed by atoms with van der Waals surface area (Å²) in [4.78, 5) is 0. The molecular formula is C3H9PSi2. The first-order valence-corrected chi connectivity index (χ1v) is 8.37. The molecule has 0 atom stereocenters. The van der Waals surface area contributed by atoms with Gasteiger partial charge in [-0.3, -0.25) is 0 Å². The van der Waals surface area contributed by atoms with Crippen molar-refractivity contribution in [3.8, 4) is 0 Å². The maximum atomic E-state index is 2.37. The van der Waals surface area contributed by atoms with E-state index in [0.717, 1.165) is 0 Å². The Hall–Kier alpha value is 0.864. The number of rotatable bonds is 2. The van der Waals surface area contributed by atoms with Crippen LogP contribution in [0, 0.1) is 0 Å². The average molecular weight is 132 g/mol. The van der Waals surface area contributed by atoms with Crippen LogP contribution in [-0.4, -0.2) is 25.0 Å². The van der Waals surface area contributed by atoms with Gasteiger partial charge in [0.1, 0.15) is 0 Å². The van der Waals surface area contributed by atoms with E-state index in [1.807, 2.05) is 0 Å². The SMILES string of the molecule is C[Si]P(C)[Si]C. The van der Waals surface area contributed by atoms with Crippen molar-refractivity contribution >= 4 is 25.4 Å². The molecule has 0 spiro atoms. The van der Waals surface area contributed by atoms with Crippen LogP contribution in [0.15, 0.2) is 0 Å². The van der Waals surface area contributed by atoms with Gasteiger partial charge >= 0.3 is 0 Å². The van der Waals surface area contributed by atoms with E-state index in [0.29, 0.717) is 7.02 Å². The summed E-state index contributed by atoms with van der Waals surface area (Å²) in [6.45, 7) is 6.95. The Kier molecular flexibility index (Phi) is 4.62. The fraction of sp³-hybridized carbons (Fsp3) is 1.00. The molecule has 0 aliphatic heterocycles. The van der Waals surface area contributed by atoms with Crippen LogP contribution >= 0.6 is 7.02 Å². The minimum absolute atomic E-state index is 0.479. The van der Waals surface area contributed by atoms with E-state index < -0.39 is 0 Å². The molecule has 0 saturated carbocycles. The zero-order chi connectivity index (χ0) is 4.99. The molecule has 0 amide bonds. The summed E-state index contributed by atoms with van der Waals surface area (Å²) in [7, 11) is 2.90. The Morgan fingerprint density at radius 1 is 1.17 bits per heavy atom. The quantitative estimate of drug-likeness (QED) is 0.394. The standard InChI is InChI=1S/C3H9PSi2/c1-4(5-2)6-3/h1-3H3. The van der Waals surface area contributed by atoms with E-state index in [1.165, 1.54) is 18.4 Å². The molecule has 6 heavy (non-hydrogen) atoms. The van der Waals surface area contributed by atoms with Crippen LogP contribution in [0.3, 0.4) is 0 Å². The third kappa shape index (κ3) is 3.07. The maximum Gasteiger partial charge on any atom is 0.0655 e. The van der Waals surface area contributed by atoms with Crippen molar-refractivity contribution in [2.24, 2.45) is 0 Å². The highest BCUT2D eigenvalue weighted by atomic mass is 31.6. The summed E-state index contributed by atoms with van der Waals surface area (Å²) in [6, 6.07) is 0. The normalized spacial score (nSPS) is 10.0. The molecule has 0 aromatic heterocycles. The van der Waals surface area contributed by atoms with Crippen molar-refractivity contribution in [1.82, 2.24) is 0 Å². The zero-order valence-electron chi connectivity index (χ0n) is 4.45. The molecule has 0 fully saturated rings. The molecule has 0 unspecified atom stereocenters. The van der Waals surface area contributed by atoms with Crippen molar-refractivity contribution in [3.05, 3.63) is 0 Å². The van der Waals surface area contributed by atoms with E-state index in [-0.39, 0.29) is 0 Å². The van der Waals surface area contributed by atoms with Gasteiger partial charge in [0.2, 0.25) is 0 Å². The molecule has 0 rings (SSSR count). The lowest BCUT2D eigenvalue weighted by atomic mass is 11.9. The number of hydrogen-bond acceptors (Lipinski definition) is 0. The lowest BCUT2D eigenvalue weighted by Gasteiger charge is -1.98. The van der Waals surface area contributed by atoms with E-state index in [9.17, 15) is 0 Å². The van der Waals surface area contributed by atoms with Gasteiger partial charge in [0.25, 0.3) is 0 Å². The molecule has 0 aliphatic rings. The third-order valence-corrected chi connectivity index (χ3v) is 10.1. The van der Waals surface area contributed by atoms with Crippen molar-refractivity contribution in [2.45, 2.75) is 13.1 Å². The molecule has 0 N–H and O–H groups in total. The Morgan fingerprint density at radius 3 is 1.50 bits per heavy atom. The molecular weight excluding hydrogens is 123 g/mol. The van der Waals surface area contributed by atoms with Crippen LogP contribution in [0.5, 0.6) is 0 Å². The Labute approximate surface area is 45.8 Å².